The van der Waals surface area contributed by atoms with E-state index in [1.165, 1.54) is 12.1 Å². The number of fused-ring (bicyclic) bond motifs is 1. The summed E-state index contributed by atoms with van der Waals surface area (Å²) in [4.78, 5) is 29.1. The van der Waals surface area contributed by atoms with Crippen molar-refractivity contribution >= 4 is 11.8 Å². The highest BCUT2D eigenvalue weighted by atomic mass is 19.1. The Morgan fingerprint density at radius 2 is 2.10 bits per heavy atom. The maximum Gasteiger partial charge on any atom is 0.274 e. The molecule has 1 aromatic carbocycles. The number of piperidine rings is 1. The van der Waals surface area contributed by atoms with Crippen LogP contribution in [0.2, 0.25) is 0 Å². The lowest BCUT2D eigenvalue weighted by Crippen LogP contribution is -2.46. The Morgan fingerprint density at radius 3 is 2.86 bits per heavy atom. The Balaban J connectivity index is 1.52. The minimum atomic E-state index is -0.526. The highest BCUT2D eigenvalue weighted by molar-refractivity contribution is 5.96. The van der Waals surface area contributed by atoms with E-state index in [0.29, 0.717) is 30.9 Å². The molecule has 2 aliphatic heterocycles. The van der Waals surface area contributed by atoms with Gasteiger partial charge in [-0.15, -0.1) is 0 Å². The fourth-order valence-corrected chi connectivity index (χ4v) is 4.23. The lowest BCUT2D eigenvalue weighted by Gasteiger charge is -2.34. The highest BCUT2D eigenvalue weighted by Crippen LogP contribution is 2.26. The molecule has 0 radical (unpaired) electrons. The second-order valence-corrected chi connectivity index (χ2v) is 7.82. The SMILES string of the molecule is Cc1ccc(C(=O)N2CCc3c(C(=O)N4CCCCC4CO)n[nH]c3C2)c(F)c1. The summed E-state index contributed by atoms with van der Waals surface area (Å²) in [5.74, 6) is -1.07. The highest BCUT2D eigenvalue weighted by Gasteiger charge is 2.33. The third-order valence-corrected chi connectivity index (χ3v) is 5.88. The normalized spacial score (nSPS) is 19.2. The average Bonchev–Trinajstić information content (AvgIpc) is 3.16. The van der Waals surface area contributed by atoms with Crippen molar-refractivity contribution in [3.8, 4) is 0 Å². The number of aliphatic hydroxyl groups excluding tert-OH is 1. The topological polar surface area (TPSA) is 89.5 Å². The van der Waals surface area contributed by atoms with Gasteiger partial charge in [0.25, 0.3) is 11.8 Å². The summed E-state index contributed by atoms with van der Waals surface area (Å²) in [5, 5.41) is 16.7. The van der Waals surface area contributed by atoms with Crippen molar-refractivity contribution in [3.05, 3.63) is 52.1 Å². The first-order valence-electron chi connectivity index (χ1n) is 10.0. The number of aliphatic hydroxyl groups is 1. The molecule has 1 saturated heterocycles. The number of hydrogen-bond donors (Lipinski definition) is 2. The summed E-state index contributed by atoms with van der Waals surface area (Å²) in [7, 11) is 0. The van der Waals surface area contributed by atoms with E-state index in [9.17, 15) is 19.1 Å². The molecule has 29 heavy (non-hydrogen) atoms. The number of carbonyl (C=O) groups is 2. The van der Waals surface area contributed by atoms with Gasteiger partial charge in [-0.25, -0.2) is 4.39 Å². The first-order valence-corrected chi connectivity index (χ1v) is 10.0. The van der Waals surface area contributed by atoms with Gasteiger partial charge in [0, 0.05) is 18.7 Å². The zero-order chi connectivity index (χ0) is 20.5. The Kier molecular flexibility index (Phi) is 5.36. The molecule has 8 heteroatoms. The number of H-pyrrole nitrogens is 1. The Labute approximate surface area is 168 Å². The Bertz CT molecular complexity index is 942. The van der Waals surface area contributed by atoms with Crippen LogP contribution in [0.4, 0.5) is 4.39 Å². The molecule has 0 saturated carbocycles. The number of likely N-dealkylation sites (tertiary alicyclic amines) is 1. The zero-order valence-electron chi connectivity index (χ0n) is 16.4. The van der Waals surface area contributed by atoms with Crippen LogP contribution >= 0.6 is 0 Å². The molecule has 2 N–H and O–H groups in total. The molecular weight excluding hydrogens is 375 g/mol. The standard InChI is InChI=1S/C21H25FN4O3/c1-13-5-6-15(17(22)10-13)20(28)25-9-7-16-18(11-25)23-24-19(16)21(29)26-8-3-2-4-14(26)12-27/h5-6,10,14,27H,2-4,7-9,11-12H2,1H3,(H,23,24). The van der Waals surface area contributed by atoms with Gasteiger partial charge in [-0.2, -0.15) is 5.10 Å². The van der Waals surface area contributed by atoms with Crippen molar-refractivity contribution < 1.29 is 19.1 Å². The minimum absolute atomic E-state index is 0.0500. The van der Waals surface area contributed by atoms with Crippen LogP contribution in [0.1, 0.15) is 56.9 Å². The molecule has 2 amide bonds. The fourth-order valence-electron chi connectivity index (χ4n) is 4.23. The van der Waals surface area contributed by atoms with E-state index in [4.69, 9.17) is 0 Å². The van der Waals surface area contributed by atoms with Gasteiger partial charge in [0.05, 0.1) is 30.5 Å². The van der Waals surface area contributed by atoms with E-state index in [-0.39, 0.29) is 36.6 Å². The molecule has 1 fully saturated rings. The summed E-state index contributed by atoms with van der Waals surface area (Å²) in [6.07, 6.45) is 3.18. The van der Waals surface area contributed by atoms with E-state index in [1.54, 1.807) is 22.8 Å². The zero-order valence-corrected chi connectivity index (χ0v) is 16.4. The van der Waals surface area contributed by atoms with Crippen LogP contribution in [-0.2, 0) is 13.0 Å². The number of nitrogens with zero attached hydrogens (tertiary/aromatic N) is 3. The smallest absolute Gasteiger partial charge is 0.274 e. The molecule has 0 bridgehead atoms. The summed E-state index contributed by atoms with van der Waals surface area (Å²) >= 11 is 0. The van der Waals surface area contributed by atoms with E-state index in [1.807, 2.05) is 0 Å². The molecular formula is C21H25FN4O3. The van der Waals surface area contributed by atoms with Crippen LogP contribution in [0.15, 0.2) is 18.2 Å². The molecule has 154 valence electrons. The predicted molar refractivity (Wildman–Crippen MR) is 104 cm³/mol. The Hall–Kier alpha value is -2.74. The van der Waals surface area contributed by atoms with Crippen molar-refractivity contribution in [2.75, 3.05) is 19.7 Å². The lowest BCUT2D eigenvalue weighted by atomic mass is 9.99. The molecule has 3 heterocycles. The number of benzene rings is 1. The second kappa shape index (κ2) is 7.94. The number of rotatable bonds is 3. The second-order valence-electron chi connectivity index (χ2n) is 7.82. The maximum atomic E-state index is 14.2. The number of halogens is 1. The minimum Gasteiger partial charge on any atom is -0.394 e. The predicted octanol–water partition coefficient (Wildman–Crippen LogP) is 2.04. The monoisotopic (exact) mass is 400 g/mol. The van der Waals surface area contributed by atoms with Crippen LogP contribution in [-0.4, -0.2) is 62.7 Å². The number of amides is 2. The van der Waals surface area contributed by atoms with Crippen LogP contribution in [0, 0.1) is 12.7 Å². The molecule has 2 aromatic rings. The van der Waals surface area contributed by atoms with E-state index in [2.05, 4.69) is 10.2 Å². The lowest BCUT2D eigenvalue weighted by molar-refractivity contribution is 0.0496. The summed E-state index contributed by atoms with van der Waals surface area (Å²) in [5.41, 5.74) is 2.70. The van der Waals surface area contributed by atoms with Gasteiger partial charge in [0.15, 0.2) is 5.69 Å². The van der Waals surface area contributed by atoms with Gasteiger partial charge in [-0.3, -0.25) is 14.7 Å². The third-order valence-electron chi connectivity index (χ3n) is 5.88. The summed E-state index contributed by atoms with van der Waals surface area (Å²) in [6, 6.07) is 4.41. The van der Waals surface area contributed by atoms with Crippen molar-refractivity contribution in [3.63, 3.8) is 0 Å². The average molecular weight is 400 g/mol. The van der Waals surface area contributed by atoms with E-state index < -0.39 is 5.82 Å². The van der Waals surface area contributed by atoms with Crippen molar-refractivity contribution in [1.29, 1.82) is 0 Å². The van der Waals surface area contributed by atoms with Crippen molar-refractivity contribution in [2.24, 2.45) is 0 Å². The number of aromatic amines is 1. The molecule has 0 spiro atoms. The number of nitrogens with one attached hydrogen (secondary N) is 1. The van der Waals surface area contributed by atoms with Crippen LogP contribution in [0.5, 0.6) is 0 Å². The molecule has 2 aliphatic rings. The fraction of sp³-hybridized carbons (Fsp3) is 0.476. The Morgan fingerprint density at radius 1 is 1.28 bits per heavy atom. The van der Waals surface area contributed by atoms with Crippen LogP contribution in [0.3, 0.4) is 0 Å². The maximum absolute atomic E-state index is 14.2. The third kappa shape index (κ3) is 3.64. The van der Waals surface area contributed by atoms with Gasteiger partial charge in [0.2, 0.25) is 0 Å². The van der Waals surface area contributed by atoms with Crippen molar-refractivity contribution in [1.82, 2.24) is 20.0 Å². The largest absolute Gasteiger partial charge is 0.394 e. The summed E-state index contributed by atoms with van der Waals surface area (Å²) < 4.78 is 14.2. The molecule has 1 atom stereocenters. The van der Waals surface area contributed by atoms with Crippen LogP contribution < -0.4 is 0 Å². The molecule has 1 unspecified atom stereocenters. The van der Waals surface area contributed by atoms with Crippen LogP contribution in [0.25, 0.3) is 0 Å². The molecule has 7 nitrogen and oxygen atoms in total. The van der Waals surface area contributed by atoms with Gasteiger partial charge >= 0.3 is 0 Å². The number of hydrogen-bond acceptors (Lipinski definition) is 4. The molecule has 1 aromatic heterocycles. The first-order chi connectivity index (χ1) is 14.0. The summed E-state index contributed by atoms with van der Waals surface area (Å²) in [6.45, 7) is 2.98. The van der Waals surface area contributed by atoms with Gasteiger partial charge < -0.3 is 14.9 Å². The first kappa shape index (κ1) is 19.6. The molecule has 4 rings (SSSR count). The van der Waals surface area contributed by atoms with E-state index in [0.717, 1.165) is 30.4 Å². The number of aromatic nitrogens is 2. The molecule has 0 aliphatic carbocycles. The quantitative estimate of drug-likeness (QED) is 0.825. The number of aryl methyl sites for hydroxylation is 1. The van der Waals surface area contributed by atoms with Crippen molar-refractivity contribution in [2.45, 2.75) is 45.2 Å². The van der Waals surface area contributed by atoms with E-state index >= 15 is 0 Å². The number of carbonyl (C=O) groups excluding carboxylic acids is 2. The van der Waals surface area contributed by atoms with Gasteiger partial charge in [-0.05, 0) is 50.3 Å². The van der Waals surface area contributed by atoms with Gasteiger partial charge in [0.1, 0.15) is 5.82 Å². The van der Waals surface area contributed by atoms with Gasteiger partial charge in [-0.1, -0.05) is 6.07 Å².